The van der Waals surface area contributed by atoms with Crippen LogP contribution in [0, 0.1) is 25.2 Å². The molecule has 1 heterocycles. The average molecular weight is 310 g/mol. The van der Waals surface area contributed by atoms with Crippen LogP contribution in [0.4, 0.5) is 0 Å². The van der Waals surface area contributed by atoms with E-state index in [1.165, 1.54) is 0 Å². The third-order valence-corrected chi connectivity index (χ3v) is 3.96. The van der Waals surface area contributed by atoms with Crippen LogP contribution in [-0.2, 0) is 4.79 Å². The summed E-state index contributed by atoms with van der Waals surface area (Å²) >= 11 is 0. The van der Waals surface area contributed by atoms with E-state index < -0.39 is 0 Å². The predicted molar refractivity (Wildman–Crippen MR) is 92.1 cm³/mol. The smallest absolute Gasteiger partial charge is 0.220 e. The van der Waals surface area contributed by atoms with Gasteiger partial charge in [0, 0.05) is 23.1 Å². The van der Waals surface area contributed by atoms with Gasteiger partial charge in [-0.3, -0.25) is 9.78 Å². The summed E-state index contributed by atoms with van der Waals surface area (Å²) in [6, 6.07) is 5.80. The van der Waals surface area contributed by atoms with Crippen molar-refractivity contribution in [1.82, 2.24) is 4.98 Å². The highest BCUT2D eigenvalue weighted by Crippen LogP contribution is 2.26. The summed E-state index contributed by atoms with van der Waals surface area (Å²) in [5.41, 5.74) is 8.07. The van der Waals surface area contributed by atoms with Crippen molar-refractivity contribution in [3.63, 3.8) is 0 Å². The number of hydrogen-bond donors (Lipinski definition) is 1. The molecule has 0 spiro atoms. The van der Waals surface area contributed by atoms with Crippen molar-refractivity contribution >= 4 is 16.8 Å². The predicted octanol–water partition coefficient (Wildman–Crippen LogP) is 3.19. The van der Waals surface area contributed by atoms with E-state index in [0.717, 1.165) is 34.2 Å². The topological polar surface area (TPSA) is 65.2 Å². The first-order valence-corrected chi connectivity index (χ1v) is 7.77. The molecule has 0 bridgehead atoms. The quantitative estimate of drug-likeness (QED) is 0.833. The molecule has 1 amide bonds. The summed E-state index contributed by atoms with van der Waals surface area (Å²) in [6.45, 7) is 5.89. The van der Waals surface area contributed by atoms with E-state index in [4.69, 9.17) is 16.9 Å². The lowest BCUT2D eigenvalue weighted by molar-refractivity contribution is -0.122. The number of nitrogens with zero attached hydrogens (tertiary/aromatic N) is 1. The lowest BCUT2D eigenvalue weighted by Crippen LogP contribution is -2.27. The number of hydrogen-bond acceptors (Lipinski definition) is 3. The fraction of sp³-hybridized carbons (Fsp3) is 0.368. The molecule has 0 aliphatic rings. The molecular formula is C19H22N2O2. The average Bonchev–Trinajstić information content (AvgIpc) is 2.51. The summed E-state index contributed by atoms with van der Waals surface area (Å²) in [4.78, 5) is 15.8. The molecule has 4 nitrogen and oxygen atoms in total. The van der Waals surface area contributed by atoms with Crippen LogP contribution in [0.25, 0.3) is 10.9 Å². The van der Waals surface area contributed by atoms with E-state index in [2.05, 4.69) is 10.9 Å². The summed E-state index contributed by atoms with van der Waals surface area (Å²) in [5, 5.41) is 0.949. The van der Waals surface area contributed by atoms with E-state index in [1.807, 2.05) is 39.0 Å². The normalized spacial score (nSPS) is 13.3. The molecule has 2 atom stereocenters. The first kappa shape index (κ1) is 16.8. The van der Waals surface area contributed by atoms with Gasteiger partial charge < -0.3 is 10.5 Å². The Balaban J connectivity index is 2.23. The molecule has 2 rings (SSSR count). The number of carbonyl (C=O) groups excluding carboxylic acids is 1. The maximum Gasteiger partial charge on any atom is 0.220 e. The number of rotatable bonds is 6. The van der Waals surface area contributed by atoms with E-state index in [9.17, 15) is 4.79 Å². The Bertz CT molecular complexity index is 762. The number of carbonyl (C=O) groups is 1. The van der Waals surface area contributed by atoms with Gasteiger partial charge >= 0.3 is 0 Å². The number of aryl methyl sites for hydroxylation is 1. The van der Waals surface area contributed by atoms with Gasteiger partial charge in [0.15, 0.2) is 0 Å². The Hall–Kier alpha value is -2.54. The van der Waals surface area contributed by atoms with Crippen LogP contribution >= 0.6 is 0 Å². The van der Waals surface area contributed by atoms with Crippen LogP contribution in [0.15, 0.2) is 24.4 Å². The maximum atomic E-state index is 11.4. The highest BCUT2D eigenvalue weighted by atomic mass is 16.5. The number of amides is 1. The van der Waals surface area contributed by atoms with Crippen molar-refractivity contribution in [3.05, 3.63) is 35.5 Å². The molecule has 0 aliphatic heterocycles. The van der Waals surface area contributed by atoms with E-state index in [1.54, 1.807) is 6.20 Å². The number of ether oxygens (including phenoxy) is 1. The Kier molecular flexibility index (Phi) is 5.23. The SMILES string of the molecule is C#Cc1cnc2c(C)cc(OC(C)CC(CC)C(N)=O)cc2c1. The highest BCUT2D eigenvalue weighted by Gasteiger charge is 2.18. The van der Waals surface area contributed by atoms with Gasteiger partial charge in [-0.1, -0.05) is 12.8 Å². The summed E-state index contributed by atoms with van der Waals surface area (Å²) in [6.07, 6.45) is 8.34. The fourth-order valence-corrected chi connectivity index (χ4v) is 2.71. The first-order chi connectivity index (χ1) is 10.9. The van der Waals surface area contributed by atoms with Gasteiger partial charge in [-0.05, 0) is 50.5 Å². The van der Waals surface area contributed by atoms with E-state index >= 15 is 0 Å². The molecule has 2 unspecified atom stereocenters. The minimum atomic E-state index is -0.277. The Morgan fingerprint density at radius 2 is 2.17 bits per heavy atom. The van der Waals surface area contributed by atoms with E-state index in [0.29, 0.717) is 6.42 Å². The van der Waals surface area contributed by atoms with Crippen LogP contribution in [0.5, 0.6) is 5.75 Å². The van der Waals surface area contributed by atoms with Gasteiger partial charge in [0.2, 0.25) is 5.91 Å². The zero-order valence-corrected chi connectivity index (χ0v) is 13.8. The first-order valence-electron chi connectivity index (χ1n) is 7.77. The van der Waals surface area contributed by atoms with Gasteiger partial charge in [-0.15, -0.1) is 6.42 Å². The number of nitrogens with two attached hydrogens (primary N) is 1. The number of primary amides is 1. The molecule has 1 aromatic heterocycles. The number of pyridine rings is 1. The van der Waals surface area contributed by atoms with Crippen molar-refractivity contribution < 1.29 is 9.53 Å². The second-order valence-corrected chi connectivity index (χ2v) is 5.85. The molecule has 0 saturated heterocycles. The third-order valence-electron chi connectivity index (χ3n) is 3.96. The van der Waals surface area contributed by atoms with Crippen molar-refractivity contribution in [2.75, 3.05) is 0 Å². The molecule has 0 radical (unpaired) electrons. The van der Waals surface area contributed by atoms with E-state index in [-0.39, 0.29) is 17.9 Å². The van der Waals surface area contributed by atoms with Gasteiger partial charge in [-0.25, -0.2) is 0 Å². The molecule has 120 valence electrons. The number of aromatic nitrogens is 1. The molecule has 0 fully saturated rings. The van der Waals surface area contributed by atoms with Crippen LogP contribution in [0.2, 0.25) is 0 Å². The Morgan fingerprint density at radius 3 is 2.78 bits per heavy atom. The minimum Gasteiger partial charge on any atom is -0.491 e. The zero-order valence-electron chi connectivity index (χ0n) is 13.8. The maximum absolute atomic E-state index is 11.4. The van der Waals surface area contributed by atoms with Crippen LogP contribution in [-0.4, -0.2) is 17.0 Å². The van der Waals surface area contributed by atoms with Crippen molar-refractivity contribution in [2.45, 2.75) is 39.7 Å². The van der Waals surface area contributed by atoms with Gasteiger partial charge in [0.25, 0.3) is 0 Å². The van der Waals surface area contributed by atoms with Crippen molar-refractivity contribution in [3.8, 4) is 18.1 Å². The number of terminal acetylenes is 1. The molecule has 4 heteroatoms. The molecule has 2 N–H and O–H groups in total. The van der Waals surface area contributed by atoms with Crippen LogP contribution in [0.1, 0.15) is 37.8 Å². The van der Waals surface area contributed by atoms with Gasteiger partial charge in [-0.2, -0.15) is 0 Å². The molecule has 1 aromatic carbocycles. The standard InChI is InChI=1S/C19H22N2O2/c1-5-14-9-16-10-17(7-12(3)18(16)21-11-14)23-13(4)8-15(6-2)19(20)22/h1,7,9-11,13,15H,6,8H2,2-4H3,(H2,20,22). The van der Waals surface area contributed by atoms with Crippen molar-refractivity contribution in [1.29, 1.82) is 0 Å². The third kappa shape index (κ3) is 4.01. The lowest BCUT2D eigenvalue weighted by Gasteiger charge is -2.19. The molecular weight excluding hydrogens is 288 g/mol. The largest absolute Gasteiger partial charge is 0.491 e. The molecule has 2 aromatic rings. The summed E-state index contributed by atoms with van der Waals surface area (Å²) in [7, 11) is 0. The highest BCUT2D eigenvalue weighted by molar-refractivity contribution is 5.84. The van der Waals surface area contributed by atoms with Gasteiger partial charge in [0.1, 0.15) is 5.75 Å². The monoisotopic (exact) mass is 310 g/mol. The fourth-order valence-electron chi connectivity index (χ4n) is 2.71. The lowest BCUT2D eigenvalue weighted by atomic mass is 9.99. The molecule has 0 saturated carbocycles. The number of fused-ring (bicyclic) bond motifs is 1. The zero-order chi connectivity index (χ0) is 17.0. The Morgan fingerprint density at radius 1 is 1.43 bits per heavy atom. The van der Waals surface area contributed by atoms with Crippen molar-refractivity contribution in [2.24, 2.45) is 11.7 Å². The second kappa shape index (κ2) is 7.15. The summed E-state index contributed by atoms with van der Waals surface area (Å²) in [5.74, 6) is 2.90. The minimum absolute atomic E-state index is 0.104. The van der Waals surface area contributed by atoms with Crippen LogP contribution in [0.3, 0.4) is 0 Å². The second-order valence-electron chi connectivity index (χ2n) is 5.85. The number of benzene rings is 1. The summed E-state index contributed by atoms with van der Waals surface area (Å²) < 4.78 is 5.97. The molecule has 23 heavy (non-hydrogen) atoms. The van der Waals surface area contributed by atoms with Gasteiger partial charge in [0.05, 0.1) is 11.6 Å². The van der Waals surface area contributed by atoms with Crippen LogP contribution < -0.4 is 10.5 Å². The Labute approximate surface area is 137 Å². The molecule has 0 aliphatic carbocycles.